The Morgan fingerprint density at radius 2 is 0.661 bits per heavy atom. The molecule has 0 spiro atoms. The lowest BCUT2D eigenvalue weighted by Crippen LogP contribution is -2.35. The van der Waals surface area contributed by atoms with Gasteiger partial charge in [0.15, 0.2) is 0 Å². The summed E-state index contributed by atoms with van der Waals surface area (Å²) < 4.78 is 110. The number of hydrogen-bond acceptors (Lipinski definition) is 0. The Morgan fingerprint density at radius 1 is 0.295 bits per heavy atom. The fourth-order valence-corrected chi connectivity index (χ4v) is 16.0. The van der Waals surface area contributed by atoms with Crippen LogP contribution < -0.4 is 18.3 Å². The Bertz CT molecular complexity index is 5610. The van der Waals surface area contributed by atoms with Crippen LogP contribution in [0, 0.1) is 133 Å². The monoisotopic (exact) mass is 1520 g/mol. The van der Waals surface area contributed by atoms with Crippen molar-refractivity contribution in [2.45, 2.75) is 218 Å². The first kappa shape index (κ1) is 86.9. The quantitative estimate of drug-likeness (QED) is 0.0958. The fraction of sp³-hybridized carbons (Fsp3) is 0.406. The van der Waals surface area contributed by atoms with Crippen LogP contribution in [0.25, 0.3) is 88.6 Å². The summed E-state index contributed by atoms with van der Waals surface area (Å²) in [6.07, 6.45) is -1.31. The number of aromatic nitrogens is 4. The van der Waals surface area contributed by atoms with E-state index < -0.39 is 17.4 Å². The van der Waals surface area contributed by atoms with Crippen LogP contribution in [0.5, 0.6) is 0 Å². The van der Waals surface area contributed by atoms with Crippen molar-refractivity contribution in [3.63, 3.8) is 0 Å². The summed E-state index contributed by atoms with van der Waals surface area (Å²) in [5.74, 6) is -0.829. The summed E-state index contributed by atoms with van der Waals surface area (Å²) in [5, 5.41) is 2.65. The van der Waals surface area contributed by atoms with Gasteiger partial charge >= 0.3 is 6.18 Å². The molecule has 0 aliphatic rings. The van der Waals surface area contributed by atoms with Gasteiger partial charge in [0, 0.05) is 76.3 Å². The number of benzene rings is 8. The summed E-state index contributed by atoms with van der Waals surface area (Å²) >= 11 is 0. The van der Waals surface area contributed by atoms with Gasteiger partial charge in [-0.15, -0.1) is 0 Å². The Morgan fingerprint density at radius 3 is 1.10 bits per heavy atom. The highest BCUT2D eigenvalue weighted by atomic mass is 19.4. The van der Waals surface area contributed by atoms with Crippen LogP contribution in [-0.4, -0.2) is 6.18 Å². The molecule has 8 aromatic carbocycles. The lowest BCUT2D eigenvalue weighted by atomic mass is 9.82. The van der Waals surface area contributed by atoms with Crippen molar-refractivity contribution in [3.05, 3.63) is 257 Å². The lowest BCUT2D eigenvalue weighted by Gasteiger charge is -2.28. The van der Waals surface area contributed by atoms with Crippen LogP contribution in [0.4, 0.5) is 30.7 Å². The fourth-order valence-electron chi connectivity index (χ4n) is 16.0. The van der Waals surface area contributed by atoms with Gasteiger partial charge in [-0.3, -0.25) is 0 Å². The van der Waals surface area contributed by atoms with E-state index in [2.05, 4.69) is 251 Å². The molecule has 0 fully saturated rings. The molecule has 592 valence electrons. The molecule has 0 atom stereocenters. The van der Waals surface area contributed by atoms with Crippen LogP contribution >= 0.6 is 0 Å². The zero-order valence-electron chi connectivity index (χ0n) is 72.7. The molecule has 0 amide bonds. The van der Waals surface area contributed by atoms with Crippen molar-refractivity contribution in [2.24, 2.45) is 55.3 Å². The molecule has 0 bridgehead atoms. The van der Waals surface area contributed by atoms with Gasteiger partial charge in [0.25, 0.3) is 0 Å². The maximum atomic E-state index is 15.8. The minimum absolute atomic E-state index is 0.00953. The number of rotatable bonds is 10. The SMILES string of the molecule is Cc1cc(C)c(C)c(-c2cc(F)c3c(CC(C)(C)C(F)(F)F)cccc3[n+]2C)c1.Cc1cc(C)c(C)c(-c2cc(F)c3cc(CC(C)(C)C)ccc3[n+]2C)c1.Cc1cc(C)c(C)c(-c2cc(F)c3ccc(CC(C)(C)C)cc3[n+]2C)c1.Cc1cc(C)c(C)c(-c2ccc3c(CC(C)(C)C)c(F)c(CC(C)(C)C)cc3[n+]2C)c1. The Labute approximate surface area is 664 Å². The third-order valence-corrected chi connectivity index (χ3v) is 22.2. The van der Waals surface area contributed by atoms with E-state index in [1.807, 2.05) is 64.7 Å². The molecule has 11 heteroatoms. The van der Waals surface area contributed by atoms with Gasteiger partial charge in [-0.2, -0.15) is 31.4 Å². The van der Waals surface area contributed by atoms with Gasteiger partial charge < -0.3 is 0 Å². The van der Waals surface area contributed by atoms with Gasteiger partial charge in [-0.1, -0.05) is 168 Å². The molecule has 0 aliphatic heterocycles. The predicted molar refractivity (Wildman–Crippen MR) is 455 cm³/mol. The molecule has 12 aromatic rings. The van der Waals surface area contributed by atoms with Gasteiger partial charge in [0.2, 0.25) is 44.8 Å². The number of fused-ring (bicyclic) bond motifs is 4. The van der Waals surface area contributed by atoms with E-state index >= 15 is 13.2 Å². The summed E-state index contributed by atoms with van der Waals surface area (Å²) in [5.41, 5.74) is 29.0. The Hall–Kier alpha value is -9.09. The highest BCUT2D eigenvalue weighted by molar-refractivity contribution is 5.85. The molecule has 4 nitrogen and oxygen atoms in total. The number of aryl methyl sites for hydroxylation is 12. The maximum Gasteiger partial charge on any atom is 0.394 e. The second kappa shape index (κ2) is 32.8. The van der Waals surface area contributed by atoms with E-state index in [-0.39, 0.29) is 50.9 Å². The smallest absolute Gasteiger partial charge is 0.206 e. The minimum atomic E-state index is -4.37. The third kappa shape index (κ3) is 19.7. The first-order valence-electron chi connectivity index (χ1n) is 39.5. The molecule has 0 saturated carbocycles. The maximum absolute atomic E-state index is 15.8. The van der Waals surface area contributed by atoms with Crippen LogP contribution in [0.1, 0.15) is 192 Å². The molecule has 4 aromatic heterocycles. The van der Waals surface area contributed by atoms with E-state index in [0.29, 0.717) is 27.5 Å². The van der Waals surface area contributed by atoms with E-state index in [0.717, 1.165) is 117 Å². The summed E-state index contributed by atoms with van der Waals surface area (Å²) in [6.45, 7) is 53.8. The molecule has 0 N–H and O–H groups in total. The van der Waals surface area contributed by atoms with Gasteiger partial charge in [-0.25, -0.2) is 17.6 Å². The summed E-state index contributed by atoms with van der Waals surface area (Å²) in [4.78, 5) is 0. The van der Waals surface area contributed by atoms with Crippen molar-refractivity contribution in [1.82, 2.24) is 0 Å². The van der Waals surface area contributed by atoms with E-state index in [4.69, 9.17) is 0 Å². The van der Waals surface area contributed by atoms with E-state index in [1.54, 1.807) is 30.3 Å². The summed E-state index contributed by atoms with van der Waals surface area (Å²) in [7, 11) is 8.01. The average Bonchev–Trinajstić information content (AvgIpc) is 0.760. The molecular weight excluding hydrogens is 1400 g/mol. The highest BCUT2D eigenvalue weighted by Gasteiger charge is 2.47. The van der Waals surface area contributed by atoms with E-state index in [1.165, 1.54) is 78.5 Å². The normalized spacial score (nSPS) is 12.3. The Balaban J connectivity index is 0.000000172. The molecule has 4 heterocycles. The van der Waals surface area contributed by atoms with Crippen molar-refractivity contribution in [2.75, 3.05) is 0 Å². The standard InChI is InChI=1S/C29H39FN.C24H26F4N.2C24H29FN/c1-18-13-19(2)20(3)23(14-18)25-12-11-22-24(17-29(7,8)9)27(30)21(16-28(4,5)6)15-26(22)31(25)10;1-14-10-15(2)16(3)18(11-14)21-12-19(25)22-17(8-7-9-20(22)29(21)6)13-23(4,5)24(26,27)28;1-15-10-16(2)17(3)19(11-15)23-13-21(25)20-12-18(14-24(4,5)6)8-9-22(20)26(23)7;1-15-10-16(2)17(3)20(11-15)23-13-21(25)19-9-8-18(14-24(4,5)6)12-22(19)26(23)7/h11-15H,16-17H2,1-10H3;7-12H,13H2,1-6H3;2*8-13H,14H2,1-7H3/q4*+1. The topological polar surface area (TPSA) is 15.5 Å². The van der Waals surface area contributed by atoms with Crippen LogP contribution in [0.3, 0.4) is 0 Å². The van der Waals surface area contributed by atoms with Crippen molar-refractivity contribution < 1.29 is 49.0 Å². The molecule has 0 unspecified atom stereocenters. The van der Waals surface area contributed by atoms with Gasteiger partial charge in [0.05, 0.1) is 27.0 Å². The van der Waals surface area contributed by atoms with Gasteiger partial charge in [0.1, 0.15) is 51.5 Å². The third-order valence-electron chi connectivity index (χ3n) is 22.2. The zero-order chi connectivity index (χ0) is 83.5. The van der Waals surface area contributed by atoms with Crippen LogP contribution in [-0.2, 0) is 60.3 Å². The van der Waals surface area contributed by atoms with Crippen molar-refractivity contribution in [1.29, 1.82) is 0 Å². The Kier molecular flexibility index (Phi) is 25.4. The lowest BCUT2D eigenvalue weighted by molar-refractivity contribution is -0.633. The molecule has 12 rings (SSSR count). The number of nitrogens with zero attached hydrogens (tertiary/aromatic N) is 4. The molecule has 112 heavy (non-hydrogen) atoms. The van der Waals surface area contributed by atoms with Gasteiger partial charge in [-0.05, 0) is 246 Å². The second-order valence-electron chi connectivity index (χ2n) is 37.9. The number of halogens is 7. The first-order chi connectivity index (χ1) is 51.6. The van der Waals surface area contributed by atoms with Crippen molar-refractivity contribution in [3.8, 4) is 45.0 Å². The largest absolute Gasteiger partial charge is 0.394 e. The average molecular weight is 1530 g/mol. The van der Waals surface area contributed by atoms with Crippen LogP contribution in [0.15, 0.2) is 140 Å². The molecule has 0 aliphatic carbocycles. The molecule has 0 saturated heterocycles. The number of hydrogen-bond donors (Lipinski definition) is 0. The predicted octanol–water partition coefficient (Wildman–Crippen LogP) is 26.1. The first-order valence-corrected chi connectivity index (χ1v) is 39.5. The number of alkyl halides is 3. The highest BCUT2D eigenvalue weighted by Crippen LogP contribution is 2.43. The van der Waals surface area contributed by atoms with E-state index in [9.17, 15) is 17.6 Å². The minimum Gasteiger partial charge on any atom is -0.206 e. The van der Waals surface area contributed by atoms with Crippen LogP contribution in [0.2, 0.25) is 0 Å². The zero-order valence-corrected chi connectivity index (χ0v) is 72.7. The second-order valence-corrected chi connectivity index (χ2v) is 37.9. The van der Waals surface area contributed by atoms with Crippen molar-refractivity contribution >= 4 is 43.6 Å². The summed E-state index contributed by atoms with van der Waals surface area (Å²) in [6, 6.07) is 45.8. The molecule has 0 radical (unpaired) electrons. The number of pyridine rings is 4. The molecular formula is C101H123F7N4+4.